The Morgan fingerprint density at radius 1 is 1.15 bits per heavy atom. The topological polar surface area (TPSA) is 18.5 Å². The Morgan fingerprint density at radius 2 is 1.90 bits per heavy atom. The quantitative estimate of drug-likeness (QED) is 0.627. The maximum Gasteiger partial charge on any atom is 0.131 e. The van der Waals surface area contributed by atoms with Crippen LogP contribution in [0.4, 0.5) is 8.78 Å². The number of aryl methyl sites for hydroxylation is 1. The van der Waals surface area contributed by atoms with Crippen LogP contribution in [0, 0.1) is 18.6 Å². The zero-order chi connectivity index (χ0) is 15.0. The first-order valence-corrected chi connectivity index (χ1v) is 7.22. The standard InChI is InChI=1S/C16H24F2O2/c1-4-6-7-19-11-14(5-2)20-10-13-8-12(3)15(17)9-16(13)18/h8-9,14H,4-7,10-11H2,1-3H3/t14-/m0/s1. The van der Waals surface area contributed by atoms with Gasteiger partial charge in [0.2, 0.25) is 0 Å². The molecule has 1 rings (SSSR count). The Bertz CT molecular complexity index is 408. The number of ether oxygens (including phenoxy) is 2. The van der Waals surface area contributed by atoms with Crippen LogP contribution in [0.2, 0.25) is 0 Å². The van der Waals surface area contributed by atoms with Gasteiger partial charge in [0.25, 0.3) is 0 Å². The van der Waals surface area contributed by atoms with E-state index in [0.29, 0.717) is 17.7 Å². The van der Waals surface area contributed by atoms with Gasteiger partial charge < -0.3 is 9.47 Å². The summed E-state index contributed by atoms with van der Waals surface area (Å²) in [4.78, 5) is 0. The Morgan fingerprint density at radius 3 is 2.55 bits per heavy atom. The summed E-state index contributed by atoms with van der Waals surface area (Å²) < 4.78 is 37.9. The van der Waals surface area contributed by atoms with Gasteiger partial charge in [-0.2, -0.15) is 0 Å². The molecule has 0 heterocycles. The van der Waals surface area contributed by atoms with Crippen LogP contribution in [-0.2, 0) is 16.1 Å². The van der Waals surface area contributed by atoms with E-state index in [4.69, 9.17) is 9.47 Å². The smallest absolute Gasteiger partial charge is 0.131 e. The Labute approximate surface area is 120 Å². The van der Waals surface area contributed by atoms with Crippen LogP contribution in [0.15, 0.2) is 12.1 Å². The maximum atomic E-state index is 13.6. The van der Waals surface area contributed by atoms with Gasteiger partial charge in [0, 0.05) is 18.2 Å². The molecule has 0 aromatic heterocycles. The predicted octanol–water partition coefficient (Wildman–Crippen LogP) is 4.39. The molecule has 0 radical (unpaired) electrons. The molecule has 114 valence electrons. The number of halogens is 2. The second-order valence-electron chi connectivity index (χ2n) is 4.96. The van der Waals surface area contributed by atoms with Gasteiger partial charge in [-0.05, 0) is 31.4 Å². The van der Waals surface area contributed by atoms with Gasteiger partial charge in [-0.25, -0.2) is 8.78 Å². The first-order chi connectivity index (χ1) is 9.58. The van der Waals surface area contributed by atoms with Gasteiger partial charge in [0.1, 0.15) is 11.6 Å². The van der Waals surface area contributed by atoms with Crippen molar-refractivity contribution in [2.45, 2.75) is 52.7 Å². The minimum atomic E-state index is -0.560. The van der Waals surface area contributed by atoms with E-state index in [1.807, 2.05) is 6.92 Å². The van der Waals surface area contributed by atoms with Gasteiger partial charge >= 0.3 is 0 Å². The average molecular weight is 286 g/mol. The number of hydrogen-bond donors (Lipinski definition) is 0. The van der Waals surface area contributed by atoms with E-state index in [1.165, 1.54) is 6.07 Å². The van der Waals surface area contributed by atoms with Gasteiger partial charge in [-0.15, -0.1) is 0 Å². The van der Waals surface area contributed by atoms with Crippen LogP contribution in [0.3, 0.4) is 0 Å². The summed E-state index contributed by atoms with van der Waals surface area (Å²) in [5, 5.41) is 0. The molecule has 1 aromatic rings. The van der Waals surface area contributed by atoms with Crippen molar-refractivity contribution in [1.82, 2.24) is 0 Å². The summed E-state index contributed by atoms with van der Waals surface area (Å²) >= 11 is 0. The van der Waals surface area contributed by atoms with Crippen molar-refractivity contribution < 1.29 is 18.3 Å². The van der Waals surface area contributed by atoms with Crippen molar-refractivity contribution in [2.24, 2.45) is 0 Å². The monoisotopic (exact) mass is 286 g/mol. The molecule has 0 fully saturated rings. The fraction of sp³-hybridized carbons (Fsp3) is 0.625. The fourth-order valence-electron chi connectivity index (χ4n) is 1.78. The molecule has 1 aromatic carbocycles. The Kier molecular flexibility index (Phi) is 7.70. The Balaban J connectivity index is 2.45. The molecule has 0 saturated heterocycles. The molecule has 0 unspecified atom stereocenters. The van der Waals surface area contributed by atoms with Gasteiger partial charge in [-0.1, -0.05) is 20.3 Å². The normalized spacial score (nSPS) is 12.7. The van der Waals surface area contributed by atoms with Crippen molar-refractivity contribution in [3.63, 3.8) is 0 Å². The SMILES string of the molecule is CCCCOC[C@H](CC)OCc1cc(C)c(F)cc1F. The molecule has 0 bridgehead atoms. The first kappa shape index (κ1) is 17.1. The van der Waals surface area contributed by atoms with Crippen LogP contribution in [0.25, 0.3) is 0 Å². The highest BCUT2D eigenvalue weighted by atomic mass is 19.1. The summed E-state index contributed by atoms with van der Waals surface area (Å²) in [6.07, 6.45) is 2.87. The second kappa shape index (κ2) is 9.03. The molecule has 1 atom stereocenters. The molecule has 0 saturated carbocycles. The highest BCUT2D eigenvalue weighted by Gasteiger charge is 2.11. The largest absolute Gasteiger partial charge is 0.379 e. The molecular weight excluding hydrogens is 262 g/mol. The van der Waals surface area contributed by atoms with Crippen LogP contribution in [-0.4, -0.2) is 19.3 Å². The lowest BCUT2D eigenvalue weighted by Gasteiger charge is -2.17. The summed E-state index contributed by atoms with van der Waals surface area (Å²) in [6, 6.07) is 2.40. The second-order valence-corrected chi connectivity index (χ2v) is 4.96. The van der Waals surface area contributed by atoms with Crippen molar-refractivity contribution in [3.05, 3.63) is 34.9 Å². The number of hydrogen-bond acceptors (Lipinski definition) is 2. The summed E-state index contributed by atoms with van der Waals surface area (Å²) in [5.74, 6) is -1.09. The van der Waals surface area contributed by atoms with E-state index >= 15 is 0 Å². The third-order valence-corrected chi connectivity index (χ3v) is 3.20. The molecule has 0 amide bonds. The van der Waals surface area contributed by atoms with E-state index in [0.717, 1.165) is 31.9 Å². The van der Waals surface area contributed by atoms with Crippen molar-refractivity contribution >= 4 is 0 Å². The fourth-order valence-corrected chi connectivity index (χ4v) is 1.78. The molecule has 4 heteroatoms. The average Bonchev–Trinajstić information content (AvgIpc) is 2.43. The lowest BCUT2D eigenvalue weighted by atomic mass is 10.1. The molecule has 0 N–H and O–H groups in total. The molecular formula is C16H24F2O2. The summed E-state index contributed by atoms with van der Waals surface area (Å²) in [6.45, 7) is 7.10. The molecule has 0 aliphatic rings. The van der Waals surface area contributed by atoms with Crippen molar-refractivity contribution in [3.8, 4) is 0 Å². The van der Waals surface area contributed by atoms with Crippen LogP contribution in [0.5, 0.6) is 0 Å². The highest BCUT2D eigenvalue weighted by Crippen LogP contribution is 2.16. The number of rotatable bonds is 9. The van der Waals surface area contributed by atoms with Gasteiger partial charge in [0.15, 0.2) is 0 Å². The lowest BCUT2D eigenvalue weighted by molar-refractivity contribution is -0.0275. The molecule has 2 nitrogen and oxygen atoms in total. The van der Waals surface area contributed by atoms with Gasteiger partial charge in [0.05, 0.1) is 19.3 Å². The summed E-state index contributed by atoms with van der Waals surface area (Å²) in [5.41, 5.74) is 0.813. The van der Waals surface area contributed by atoms with Gasteiger partial charge in [-0.3, -0.25) is 0 Å². The third kappa shape index (κ3) is 5.55. The zero-order valence-corrected chi connectivity index (χ0v) is 12.5. The third-order valence-electron chi connectivity index (χ3n) is 3.20. The number of unbranched alkanes of at least 4 members (excludes halogenated alkanes) is 1. The van der Waals surface area contributed by atoms with E-state index in [1.54, 1.807) is 6.92 Å². The maximum absolute atomic E-state index is 13.6. The molecule has 0 spiro atoms. The Hall–Kier alpha value is -1.00. The van der Waals surface area contributed by atoms with Crippen LogP contribution < -0.4 is 0 Å². The summed E-state index contributed by atoms with van der Waals surface area (Å²) in [7, 11) is 0. The minimum absolute atomic E-state index is 0.0587. The molecule has 20 heavy (non-hydrogen) atoms. The number of benzene rings is 1. The predicted molar refractivity (Wildman–Crippen MR) is 75.7 cm³/mol. The first-order valence-electron chi connectivity index (χ1n) is 7.22. The zero-order valence-electron chi connectivity index (χ0n) is 12.5. The lowest BCUT2D eigenvalue weighted by Crippen LogP contribution is -2.19. The van der Waals surface area contributed by atoms with Crippen LogP contribution >= 0.6 is 0 Å². The van der Waals surface area contributed by atoms with E-state index < -0.39 is 11.6 Å². The molecule has 0 aliphatic carbocycles. The molecule has 0 aliphatic heterocycles. The minimum Gasteiger partial charge on any atom is -0.379 e. The van der Waals surface area contributed by atoms with Crippen molar-refractivity contribution in [2.75, 3.05) is 13.2 Å². The van der Waals surface area contributed by atoms with E-state index in [9.17, 15) is 8.78 Å². The van der Waals surface area contributed by atoms with E-state index in [-0.39, 0.29) is 12.7 Å². The highest BCUT2D eigenvalue weighted by molar-refractivity contribution is 5.25. The van der Waals surface area contributed by atoms with E-state index in [2.05, 4.69) is 6.92 Å². The van der Waals surface area contributed by atoms with Crippen LogP contribution in [0.1, 0.15) is 44.2 Å². The van der Waals surface area contributed by atoms with Crippen molar-refractivity contribution in [1.29, 1.82) is 0 Å².